The monoisotopic (exact) mass is 575 g/mol. The van der Waals surface area contributed by atoms with Crippen LogP contribution in [0.5, 0.6) is 11.5 Å². The predicted molar refractivity (Wildman–Crippen MR) is 156 cm³/mol. The van der Waals surface area contributed by atoms with Gasteiger partial charge in [-0.1, -0.05) is 12.1 Å². The number of amides is 3. The molecule has 5 rings (SSSR count). The molecule has 3 amide bonds. The molecule has 3 aromatic rings. The predicted octanol–water partition coefficient (Wildman–Crippen LogP) is 4.64. The maximum absolute atomic E-state index is 13.5. The van der Waals surface area contributed by atoms with Crippen molar-refractivity contribution in [1.82, 2.24) is 10.2 Å². The van der Waals surface area contributed by atoms with Crippen molar-refractivity contribution < 1.29 is 27.5 Å². The lowest BCUT2D eigenvalue weighted by Gasteiger charge is -2.24. The van der Waals surface area contributed by atoms with Gasteiger partial charge in [-0.05, 0) is 85.0 Å². The number of carbonyl (C=O) groups excluding carboxylic acids is 2. The second-order valence-electron chi connectivity index (χ2n) is 10.1. The van der Waals surface area contributed by atoms with Gasteiger partial charge < -0.3 is 19.7 Å². The number of methoxy groups -OCH3 is 2. The molecule has 1 saturated heterocycles. The fourth-order valence-corrected chi connectivity index (χ4v) is 6.65. The molecule has 214 valence electrons. The maximum atomic E-state index is 13.5. The fourth-order valence-electron chi connectivity index (χ4n) is 5.39. The quantitative estimate of drug-likeness (QED) is 0.459. The smallest absolute Gasteiger partial charge is 0.321 e. The number of benzene rings is 3. The first-order chi connectivity index (χ1) is 19.7. The van der Waals surface area contributed by atoms with Crippen LogP contribution in [0, 0.1) is 0 Å². The molecule has 1 N–H and O–H groups in total. The zero-order valence-corrected chi connectivity index (χ0v) is 24.3. The van der Waals surface area contributed by atoms with E-state index in [-0.39, 0.29) is 27.8 Å². The first kappa shape index (κ1) is 28.2. The lowest BCUT2D eigenvalue weighted by atomic mass is 9.92. The summed E-state index contributed by atoms with van der Waals surface area (Å²) in [6.45, 7) is 2.61. The van der Waals surface area contributed by atoms with Crippen LogP contribution in [0.15, 0.2) is 76.7 Å². The third-order valence-corrected chi connectivity index (χ3v) is 9.40. The minimum absolute atomic E-state index is 0.0472. The van der Waals surface area contributed by atoms with Gasteiger partial charge in [-0.3, -0.25) is 9.69 Å². The van der Waals surface area contributed by atoms with E-state index in [1.807, 2.05) is 19.1 Å². The molecule has 1 atom stereocenters. The van der Waals surface area contributed by atoms with Crippen molar-refractivity contribution in [1.29, 1.82) is 0 Å². The summed E-state index contributed by atoms with van der Waals surface area (Å²) < 4.78 is 38.0. The van der Waals surface area contributed by atoms with E-state index >= 15 is 0 Å². The number of ether oxygens (including phenoxy) is 2. The highest BCUT2D eigenvalue weighted by atomic mass is 32.2. The first-order valence-corrected chi connectivity index (χ1v) is 14.9. The summed E-state index contributed by atoms with van der Waals surface area (Å²) in [5, 5.41) is 2.70. The van der Waals surface area contributed by atoms with Gasteiger partial charge in [0.2, 0.25) is 15.7 Å². The van der Waals surface area contributed by atoms with Crippen molar-refractivity contribution in [3.63, 3.8) is 0 Å². The molecule has 9 nitrogen and oxygen atoms in total. The van der Waals surface area contributed by atoms with Crippen molar-refractivity contribution in [2.75, 3.05) is 32.7 Å². The Morgan fingerprint density at radius 3 is 2.12 bits per heavy atom. The van der Waals surface area contributed by atoms with E-state index in [2.05, 4.69) is 5.32 Å². The molecule has 0 bridgehead atoms. The molecule has 0 aromatic heterocycles. The van der Waals surface area contributed by atoms with Crippen LogP contribution in [0.1, 0.15) is 36.5 Å². The molecular formula is C31H33N3O6S. The van der Waals surface area contributed by atoms with E-state index in [1.54, 1.807) is 73.7 Å². The first-order valence-electron chi connectivity index (χ1n) is 13.4. The van der Waals surface area contributed by atoms with Crippen molar-refractivity contribution in [3.8, 4) is 11.5 Å². The average molecular weight is 576 g/mol. The zero-order chi connectivity index (χ0) is 29.3. The molecular weight excluding hydrogens is 542 g/mol. The third kappa shape index (κ3) is 5.27. The summed E-state index contributed by atoms with van der Waals surface area (Å²) in [5.74, 6) is 1.19. The molecule has 0 saturated carbocycles. The Morgan fingerprint density at radius 2 is 1.56 bits per heavy atom. The summed E-state index contributed by atoms with van der Waals surface area (Å²) in [4.78, 5) is 28.5. The van der Waals surface area contributed by atoms with E-state index in [4.69, 9.17) is 9.47 Å². The Bertz CT molecular complexity index is 1610. The van der Waals surface area contributed by atoms with E-state index < -0.39 is 9.84 Å². The zero-order valence-electron chi connectivity index (χ0n) is 23.5. The number of hydrogen-bond acceptors (Lipinski definition) is 6. The van der Waals surface area contributed by atoms with E-state index in [0.29, 0.717) is 36.6 Å². The summed E-state index contributed by atoms with van der Waals surface area (Å²) >= 11 is 0. The number of urea groups is 1. The van der Waals surface area contributed by atoms with Crippen molar-refractivity contribution in [2.45, 2.75) is 42.0 Å². The summed E-state index contributed by atoms with van der Waals surface area (Å²) in [7, 11) is 0.935. The van der Waals surface area contributed by atoms with Crippen molar-refractivity contribution in [3.05, 3.63) is 83.6 Å². The van der Waals surface area contributed by atoms with Crippen LogP contribution in [0.25, 0.3) is 5.57 Å². The van der Waals surface area contributed by atoms with Gasteiger partial charge in [0.05, 0.1) is 24.0 Å². The van der Waals surface area contributed by atoms with Crippen LogP contribution < -0.4 is 19.7 Å². The minimum Gasteiger partial charge on any atom is -0.493 e. The number of rotatable bonds is 6. The Hall–Kier alpha value is -4.31. The van der Waals surface area contributed by atoms with Gasteiger partial charge in [0.1, 0.15) is 0 Å². The van der Waals surface area contributed by atoms with E-state index in [1.165, 1.54) is 12.1 Å². The lowest BCUT2D eigenvalue weighted by Crippen LogP contribution is -2.40. The lowest BCUT2D eigenvalue weighted by molar-refractivity contribution is -0.117. The number of nitrogens with zero attached hydrogens (tertiary/aromatic N) is 2. The molecule has 3 aromatic carbocycles. The summed E-state index contributed by atoms with van der Waals surface area (Å²) in [5.41, 5.74) is 4.02. The third-order valence-electron chi connectivity index (χ3n) is 7.61. The van der Waals surface area contributed by atoms with Crippen LogP contribution in [0.3, 0.4) is 0 Å². The van der Waals surface area contributed by atoms with E-state index in [0.717, 1.165) is 28.7 Å². The van der Waals surface area contributed by atoms with Crippen molar-refractivity contribution in [2.24, 2.45) is 0 Å². The Balaban J connectivity index is 1.52. The molecule has 0 aliphatic carbocycles. The average Bonchev–Trinajstić information content (AvgIpc) is 3.36. The highest BCUT2D eigenvalue weighted by Crippen LogP contribution is 2.39. The second kappa shape index (κ2) is 11.3. The molecule has 41 heavy (non-hydrogen) atoms. The number of fused-ring (bicyclic) bond motifs is 1. The Morgan fingerprint density at radius 1 is 0.951 bits per heavy atom. The normalized spacial score (nSPS) is 17.0. The molecule has 1 unspecified atom stereocenters. The van der Waals surface area contributed by atoms with E-state index in [9.17, 15) is 18.0 Å². The molecule has 1 fully saturated rings. The largest absolute Gasteiger partial charge is 0.493 e. The number of carbonyl (C=O) groups is 2. The summed E-state index contributed by atoms with van der Waals surface area (Å²) in [6.07, 6.45) is 3.68. The number of sulfone groups is 1. The molecule has 2 aliphatic rings. The van der Waals surface area contributed by atoms with Crippen LogP contribution in [-0.4, -0.2) is 59.1 Å². The molecule has 10 heteroatoms. The highest BCUT2D eigenvalue weighted by molar-refractivity contribution is 7.91. The fraction of sp³-hybridized carbons (Fsp3) is 0.290. The Kier molecular flexibility index (Phi) is 7.77. The Labute approximate surface area is 240 Å². The molecule has 2 heterocycles. The maximum Gasteiger partial charge on any atom is 0.321 e. The van der Waals surface area contributed by atoms with Gasteiger partial charge in [0.15, 0.2) is 11.5 Å². The minimum atomic E-state index is -3.80. The number of hydrogen-bond donors (Lipinski definition) is 1. The van der Waals surface area contributed by atoms with Gasteiger partial charge in [0, 0.05) is 43.5 Å². The second-order valence-corrected chi connectivity index (χ2v) is 12.0. The topological polar surface area (TPSA) is 105 Å². The van der Waals surface area contributed by atoms with Gasteiger partial charge in [-0.2, -0.15) is 0 Å². The van der Waals surface area contributed by atoms with Crippen LogP contribution in [-0.2, 0) is 21.1 Å². The van der Waals surface area contributed by atoms with Crippen LogP contribution >= 0.6 is 0 Å². The number of anilines is 1. The summed E-state index contributed by atoms with van der Waals surface area (Å²) in [6, 6.07) is 16.5. The standard InChI is InChI=1S/C31H33N3O6S/c1-20-16-22-17-28(39-3)29(40-4)18-26(22)27(19-34(20)31(36)32-2)21-7-11-24(12-8-21)41(37,38)25-13-9-23(10-14-25)33-15-5-6-30(33)35/h7-14,17-20H,5-6,15-16H2,1-4H3,(H,32,36). The highest BCUT2D eigenvalue weighted by Gasteiger charge is 2.28. The molecule has 2 aliphatic heterocycles. The van der Waals surface area contributed by atoms with Crippen LogP contribution in [0.2, 0.25) is 0 Å². The van der Waals surface area contributed by atoms with Gasteiger partial charge in [-0.25, -0.2) is 13.2 Å². The van der Waals surface area contributed by atoms with Crippen molar-refractivity contribution >= 4 is 33.0 Å². The van der Waals surface area contributed by atoms with Crippen LogP contribution in [0.4, 0.5) is 10.5 Å². The van der Waals surface area contributed by atoms with Gasteiger partial charge >= 0.3 is 6.03 Å². The molecule has 0 radical (unpaired) electrons. The SMILES string of the molecule is CNC(=O)N1C=C(c2ccc(S(=O)(=O)c3ccc(N4CCCC4=O)cc3)cc2)c2cc(OC)c(OC)cc2CC1C. The van der Waals surface area contributed by atoms with Gasteiger partial charge in [0.25, 0.3) is 0 Å². The van der Waals surface area contributed by atoms with Gasteiger partial charge in [-0.15, -0.1) is 0 Å². The molecule has 0 spiro atoms. The number of nitrogens with one attached hydrogen (secondary N) is 1.